The predicted octanol–water partition coefficient (Wildman–Crippen LogP) is 4.80. The maximum atomic E-state index is 12.4. The third-order valence-corrected chi connectivity index (χ3v) is 5.15. The number of hydrogen-bond donors (Lipinski definition) is 0. The van der Waals surface area contributed by atoms with Gasteiger partial charge in [0.2, 0.25) is 5.82 Å². The van der Waals surface area contributed by atoms with Crippen LogP contribution in [0.15, 0.2) is 102 Å². The van der Waals surface area contributed by atoms with E-state index in [1.807, 2.05) is 77.6 Å². The molecule has 0 bridgehead atoms. The smallest absolute Gasteiger partial charge is 0.331 e. The molecule has 8 heteroatoms. The summed E-state index contributed by atoms with van der Waals surface area (Å²) in [6.45, 7) is 0.491. The molecular formula is C27H21N5O3. The van der Waals surface area contributed by atoms with Crippen molar-refractivity contribution in [1.82, 2.24) is 24.9 Å². The van der Waals surface area contributed by atoms with Crippen LogP contribution in [0.3, 0.4) is 0 Å². The van der Waals surface area contributed by atoms with Crippen LogP contribution in [-0.2, 0) is 22.7 Å². The molecular weight excluding hydrogens is 442 g/mol. The number of ether oxygens (including phenoxy) is 1. The molecule has 0 aliphatic rings. The quantitative estimate of drug-likeness (QED) is 0.241. The van der Waals surface area contributed by atoms with E-state index in [-0.39, 0.29) is 12.5 Å². The van der Waals surface area contributed by atoms with Crippen LogP contribution in [0.4, 0.5) is 0 Å². The lowest BCUT2D eigenvalue weighted by molar-refractivity contribution is -0.139. The highest BCUT2D eigenvalue weighted by Crippen LogP contribution is 2.23. The van der Waals surface area contributed by atoms with Crippen molar-refractivity contribution < 1.29 is 14.1 Å². The van der Waals surface area contributed by atoms with Gasteiger partial charge in [-0.1, -0.05) is 65.8 Å². The number of carbonyl (C=O) groups is 1. The van der Waals surface area contributed by atoms with Crippen LogP contribution in [-0.4, -0.2) is 30.9 Å². The number of esters is 1. The van der Waals surface area contributed by atoms with Gasteiger partial charge in [-0.25, -0.2) is 4.79 Å². The molecule has 172 valence electrons. The second-order valence-electron chi connectivity index (χ2n) is 7.68. The average molecular weight is 463 g/mol. The summed E-state index contributed by atoms with van der Waals surface area (Å²) < 4.78 is 12.3. The Hall–Kier alpha value is -4.85. The summed E-state index contributed by atoms with van der Waals surface area (Å²) in [6.07, 6.45) is 8.28. The van der Waals surface area contributed by atoms with E-state index in [2.05, 4.69) is 15.1 Å². The van der Waals surface area contributed by atoms with Crippen molar-refractivity contribution in [2.45, 2.75) is 13.2 Å². The molecule has 5 rings (SSSR count). The first-order valence-electron chi connectivity index (χ1n) is 11.0. The zero-order valence-electron chi connectivity index (χ0n) is 18.7. The molecule has 35 heavy (non-hydrogen) atoms. The van der Waals surface area contributed by atoms with E-state index in [1.165, 1.54) is 6.08 Å². The van der Waals surface area contributed by atoms with E-state index in [0.717, 1.165) is 27.9 Å². The summed E-state index contributed by atoms with van der Waals surface area (Å²) in [4.78, 5) is 20.6. The number of benzene rings is 2. The first-order chi connectivity index (χ1) is 17.2. The lowest BCUT2D eigenvalue weighted by Gasteiger charge is -2.01. The summed E-state index contributed by atoms with van der Waals surface area (Å²) in [6, 6.07) is 23.5. The summed E-state index contributed by atoms with van der Waals surface area (Å²) in [5.74, 6) is 0.0604. The fourth-order valence-corrected chi connectivity index (χ4v) is 3.50. The van der Waals surface area contributed by atoms with E-state index in [1.54, 1.807) is 24.5 Å². The molecule has 0 saturated carbocycles. The molecule has 0 aliphatic carbocycles. The van der Waals surface area contributed by atoms with Crippen molar-refractivity contribution in [1.29, 1.82) is 0 Å². The standard InChI is InChI=1S/C27H21N5O3/c33-25(34-19-24-29-27(31-35-24)22-12-7-15-28-16-22)14-13-23-18-32(17-20-8-3-1-4-9-20)30-26(23)21-10-5-2-6-11-21/h1-16,18H,17,19H2/b14-13+. The van der Waals surface area contributed by atoms with E-state index in [0.29, 0.717) is 12.4 Å². The maximum absolute atomic E-state index is 12.4. The molecule has 2 aromatic carbocycles. The maximum Gasteiger partial charge on any atom is 0.331 e. The van der Waals surface area contributed by atoms with Crippen LogP contribution >= 0.6 is 0 Å². The van der Waals surface area contributed by atoms with Gasteiger partial charge < -0.3 is 9.26 Å². The van der Waals surface area contributed by atoms with Gasteiger partial charge in [-0.05, 0) is 23.8 Å². The molecule has 0 N–H and O–H groups in total. The number of pyridine rings is 1. The molecule has 8 nitrogen and oxygen atoms in total. The molecule has 3 heterocycles. The molecule has 0 aliphatic heterocycles. The van der Waals surface area contributed by atoms with E-state index in [9.17, 15) is 4.79 Å². The minimum Gasteiger partial charge on any atom is -0.452 e. The van der Waals surface area contributed by atoms with Gasteiger partial charge in [0.15, 0.2) is 6.61 Å². The Morgan fingerprint density at radius 3 is 2.51 bits per heavy atom. The Kier molecular flexibility index (Phi) is 6.52. The van der Waals surface area contributed by atoms with Crippen LogP contribution in [0.1, 0.15) is 17.0 Å². The Balaban J connectivity index is 1.28. The highest BCUT2D eigenvalue weighted by Gasteiger charge is 2.12. The van der Waals surface area contributed by atoms with Gasteiger partial charge in [-0.2, -0.15) is 10.1 Å². The minimum atomic E-state index is -0.527. The summed E-state index contributed by atoms with van der Waals surface area (Å²) in [5, 5.41) is 8.65. The Morgan fingerprint density at radius 2 is 1.74 bits per heavy atom. The number of aromatic nitrogens is 5. The van der Waals surface area contributed by atoms with Crippen LogP contribution in [0, 0.1) is 0 Å². The zero-order valence-corrected chi connectivity index (χ0v) is 18.7. The fourth-order valence-electron chi connectivity index (χ4n) is 3.50. The van der Waals surface area contributed by atoms with Crippen molar-refractivity contribution >= 4 is 12.0 Å². The third-order valence-electron chi connectivity index (χ3n) is 5.15. The van der Waals surface area contributed by atoms with Crippen LogP contribution in [0.5, 0.6) is 0 Å². The van der Waals surface area contributed by atoms with E-state index >= 15 is 0 Å². The SMILES string of the molecule is O=C(/C=C/c1cn(Cc2ccccc2)nc1-c1ccccc1)OCc1nc(-c2cccnc2)no1. The highest BCUT2D eigenvalue weighted by atomic mass is 16.6. The van der Waals surface area contributed by atoms with Crippen molar-refractivity contribution in [3.05, 3.63) is 114 Å². The molecule has 0 radical (unpaired) electrons. The summed E-state index contributed by atoms with van der Waals surface area (Å²) in [5.41, 5.74) is 4.40. The molecule has 0 saturated heterocycles. The van der Waals surface area contributed by atoms with E-state index < -0.39 is 5.97 Å². The highest BCUT2D eigenvalue weighted by molar-refractivity contribution is 5.88. The normalized spacial score (nSPS) is 11.1. The van der Waals surface area contributed by atoms with Gasteiger partial charge in [-0.3, -0.25) is 9.67 Å². The van der Waals surface area contributed by atoms with Crippen molar-refractivity contribution in [3.63, 3.8) is 0 Å². The number of nitrogens with zero attached hydrogens (tertiary/aromatic N) is 5. The third kappa shape index (κ3) is 5.56. The first kappa shape index (κ1) is 22.0. The first-order valence-corrected chi connectivity index (χ1v) is 11.0. The molecule has 5 aromatic rings. The lowest BCUT2D eigenvalue weighted by atomic mass is 10.1. The summed E-state index contributed by atoms with van der Waals surface area (Å²) >= 11 is 0. The average Bonchev–Trinajstić information content (AvgIpc) is 3.55. The number of rotatable bonds is 8. The monoisotopic (exact) mass is 463 g/mol. The zero-order chi connectivity index (χ0) is 23.9. The minimum absolute atomic E-state index is 0.130. The predicted molar refractivity (Wildman–Crippen MR) is 130 cm³/mol. The molecule has 0 spiro atoms. The van der Waals surface area contributed by atoms with Crippen LogP contribution < -0.4 is 0 Å². The molecule has 0 fully saturated rings. The largest absolute Gasteiger partial charge is 0.452 e. The number of hydrogen-bond acceptors (Lipinski definition) is 7. The molecule has 0 atom stereocenters. The molecule has 0 amide bonds. The molecule has 3 aromatic heterocycles. The Labute approximate surface area is 201 Å². The fraction of sp³-hybridized carbons (Fsp3) is 0.0741. The van der Waals surface area contributed by atoms with Gasteiger partial charge in [0.05, 0.1) is 12.2 Å². The van der Waals surface area contributed by atoms with Gasteiger partial charge in [0.25, 0.3) is 5.89 Å². The molecule has 0 unspecified atom stereocenters. The van der Waals surface area contributed by atoms with Crippen LogP contribution in [0.25, 0.3) is 28.7 Å². The van der Waals surface area contributed by atoms with E-state index in [4.69, 9.17) is 14.4 Å². The Morgan fingerprint density at radius 1 is 0.971 bits per heavy atom. The van der Waals surface area contributed by atoms with Gasteiger partial charge >= 0.3 is 5.97 Å². The lowest BCUT2D eigenvalue weighted by Crippen LogP contribution is -2.01. The Bertz CT molecular complexity index is 1430. The second kappa shape index (κ2) is 10.4. The van der Waals surface area contributed by atoms with Gasteiger partial charge in [0.1, 0.15) is 0 Å². The number of carbonyl (C=O) groups excluding carboxylic acids is 1. The summed E-state index contributed by atoms with van der Waals surface area (Å²) in [7, 11) is 0. The van der Waals surface area contributed by atoms with Crippen molar-refractivity contribution in [2.24, 2.45) is 0 Å². The van der Waals surface area contributed by atoms with Gasteiger partial charge in [0, 0.05) is 41.4 Å². The van der Waals surface area contributed by atoms with Crippen molar-refractivity contribution in [2.75, 3.05) is 0 Å². The topological polar surface area (TPSA) is 95.9 Å². The second-order valence-corrected chi connectivity index (χ2v) is 7.68. The van der Waals surface area contributed by atoms with Crippen LogP contribution in [0.2, 0.25) is 0 Å². The van der Waals surface area contributed by atoms with Crippen molar-refractivity contribution in [3.8, 4) is 22.6 Å². The van der Waals surface area contributed by atoms with Gasteiger partial charge in [-0.15, -0.1) is 0 Å².